The molecule has 3 nitrogen and oxygen atoms in total. The van der Waals surface area contributed by atoms with Crippen LogP contribution in [0.2, 0.25) is 0 Å². The average molecular weight is 295 g/mol. The second kappa shape index (κ2) is 5.56. The summed E-state index contributed by atoms with van der Waals surface area (Å²) in [6, 6.07) is 12.1. The number of rotatable bonds is 2. The van der Waals surface area contributed by atoms with Crippen LogP contribution in [0, 0.1) is 12.7 Å². The first-order valence-electron chi connectivity index (χ1n) is 6.84. The second-order valence-corrected chi connectivity index (χ2v) is 5.02. The Hall–Kier alpha value is -2.75. The predicted octanol–water partition coefficient (Wildman–Crippen LogP) is 4.14. The molecule has 0 fully saturated rings. The van der Waals surface area contributed by atoms with E-state index in [0.29, 0.717) is 27.8 Å². The minimum absolute atomic E-state index is 0.265. The maximum absolute atomic E-state index is 14.4. The molecule has 0 saturated heterocycles. The molecule has 0 atom stereocenters. The molecule has 0 saturated carbocycles. The average Bonchev–Trinajstić information content (AvgIpc) is 2.55. The lowest BCUT2D eigenvalue weighted by atomic mass is 9.98. The van der Waals surface area contributed by atoms with Crippen LogP contribution < -0.4 is 0 Å². The molecule has 0 spiro atoms. The number of ether oxygens (including phenoxy) is 1. The van der Waals surface area contributed by atoms with E-state index in [1.165, 1.54) is 7.11 Å². The van der Waals surface area contributed by atoms with Crippen LogP contribution in [0.25, 0.3) is 22.0 Å². The van der Waals surface area contributed by atoms with Gasteiger partial charge in [0.25, 0.3) is 0 Å². The molecule has 4 heteroatoms. The van der Waals surface area contributed by atoms with Crippen LogP contribution in [0.15, 0.2) is 48.7 Å². The van der Waals surface area contributed by atoms with Gasteiger partial charge in [0, 0.05) is 17.1 Å². The van der Waals surface area contributed by atoms with Crippen molar-refractivity contribution in [1.29, 1.82) is 0 Å². The predicted molar refractivity (Wildman–Crippen MR) is 83.2 cm³/mol. The smallest absolute Gasteiger partial charge is 0.337 e. The molecule has 0 aliphatic carbocycles. The normalized spacial score (nSPS) is 10.7. The molecule has 3 rings (SSSR count). The number of hydrogen-bond acceptors (Lipinski definition) is 3. The van der Waals surface area contributed by atoms with E-state index in [-0.39, 0.29) is 5.82 Å². The number of aromatic nitrogens is 1. The van der Waals surface area contributed by atoms with Crippen molar-refractivity contribution in [3.8, 4) is 11.1 Å². The van der Waals surface area contributed by atoms with Gasteiger partial charge in [0.1, 0.15) is 5.82 Å². The Labute approximate surface area is 127 Å². The molecule has 0 amide bonds. The number of aryl methyl sites for hydroxylation is 1. The minimum Gasteiger partial charge on any atom is -0.465 e. The number of carbonyl (C=O) groups excluding carboxylic acids is 1. The van der Waals surface area contributed by atoms with Gasteiger partial charge in [-0.05, 0) is 42.3 Å². The van der Waals surface area contributed by atoms with Crippen LogP contribution >= 0.6 is 0 Å². The third-order valence-electron chi connectivity index (χ3n) is 3.64. The quantitative estimate of drug-likeness (QED) is 0.667. The summed E-state index contributed by atoms with van der Waals surface area (Å²) in [6.45, 7) is 1.72. The van der Waals surface area contributed by atoms with Gasteiger partial charge in [0.2, 0.25) is 0 Å². The molecule has 110 valence electrons. The van der Waals surface area contributed by atoms with Crippen molar-refractivity contribution in [1.82, 2.24) is 4.98 Å². The van der Waals surface area contributed by atoms with E-state index in [1.807, 2.05) is 6.07 Å². The van der Waals surface area contributed by atoms with Crippen LogP contribution in [0.1, 0.15) is 15.9 Å². The number of esters is 1. The molecule has 0 N–H and O–H groups in total. The van der Waals surface area contributed by atoms with E-state index >= 15 is 0 Å². The topological polar surface area (TPSA) is 39.2 Å². The third kappa shape index (κ3) is 2.33. The first-order valence-corrected chi connectivity index (χ1v) is 6.84. The van der Waals surface area contributed by atoms with E-state index < -0.39 is 5.97 Å². The highest BCUT2D eigenvalue weighted by Gasteiger charge is 2.13. The van der Waals surface area contributed by atoms with Crippen molar-refractivity contribution in [2.45, 2.75) is 6.92 Å². The lowest BCUT2D eigenvalue weighted by Gasteiger charge is -2.10. The maximum Gasteiger partial charge on any atom is 0.337 e. The Morgan fingerprint density at radius 2 is 1.95 bits per heavy atom. The second-order valence-electron chi connectivity index (χ2n) is 5.02. The zero-order valence-corrected chi connectivity index (χ0v) is 12.3. The minimum atomic E-state index is -0.429. The van der Waals surface area contributed by atoms with Gasteiger partial charge in [-0.3, -0.25) is 4.98 Å². The number of methoxy groups -OCH3 is 1. The highest BCUT2D eigenvalue weighted by Crippen LogP contribution is 2.31. The molecule has 3 aromatic rings. The Morgan fingerprint density at radius 3 is 2.73 bits per heavy atom. The fraction of sp³-hybridized carbons (Fsp3) is 0.111. The first kappa shape index (κ1) is 14.2. The van der Waals surface area contributed by atoms with Crippen LogP contribution in [0.3, 0.4) is 0 Å². The summed E-state index contributed by atoms with van der Waals surface area (Å²) in [7, 11) is 1.33. The highest BCUT2D eigenvalue weighted by molar-refractivity contribution is 6.00. The Bertz CT molecular complexity index is 874. The fourth-order valence-electron chi connectivity index (χ4n) is 2.48. The largest absolute Gasteiger partial charge is 0.465 e. The summed E-state index contributed by atoms with van der Waals surface area (Å²) in [5, 5.41) is 0.718. The molecule has 0 aliphatic rings. The van der Waals surface area contributed by atoms with E-state index in [0.717, 1.165) is 5.39 Å². The molecule has 1 aromatic heterocycles. The van der Waals surface area contributed by atoms with Crippen LogP contribution in [-0.2, 0) is 4.74 Å². The molecule has 2 aromatic carbocycles. The summed E-state index contributed by atoms with van der Waals surface area (Å²) < 4.78 is 19.2. The molecular weight excluding hydrogens is 281 g/mol. The SMILES string of the molecule is COC(=O)c1ccc2nccc(-c3cccc(C)c3F)c2c1. The van der Waals surface area contributed by atoms with Crippen molar-refractivity contribution >= 4 is 16.9 Å². The molecule has 0 aliphatic heterocycles. The standard InChI is InChI=1S/C18H14FNO2/c1-11-4-3-5-14(17(11)19)13-8-9-20-16-7-6-12(10-15(13)16)18(21)22-2/h3-10H,1-2H3. The van der Waals surface area contributed by atoms with Gasteiger partial charge in [0.15, 0.2) is 0 Å². The van der Waals surface area contributed by atoms with E-state index in [9.17, 15) is 9.18 Å². The van der Waals surface area contributed by atoms with Crippen molar-refractivity contribution in [2.75, 3.05) is 7.11 Å². The number of hydrogen-bond donors (Lipinski definition) is 0. The lowest BCUT2D eigenvalue weighted by molar-refractivity contribution is 0.0601. The number of benzene rings is 2. The van der Waals surface area contributed by atoms with Crippen molar-refractivity contribution in [2.24, 2.45) is 0 Å². The van der Waals surface area contributed by atoms with Gasteiger partial charge in [-0.15, -0.1) is 0 Å². The van der Waals surface area contributed by atoms with Gasteiger partial charge >= 0.3 is 5.97 Å². The van der Waals surface area contributed by atoms with Crippen LogP contribution in [-0.4, -0.2) is 18.1 Å². The molecule has 0 bridgehead atoms. The number of fused-ring (bicyclic) bond motifs is 1. The van der Waals surface area contributed by atoms with Gasteiger partial charge in [0.05, 0.1) is 18.2 Å². The summed E-state index contributed by atoms with van der Waals surface area (Å²) in [4.78, 5) is 16.0. The van der Waals surface area contributed by atoms with E-state index in [2.05, 4.69) is 4.98 Å². The lowest BCUT2D eigenvalue weighted by Crippen LogP contribution is -2.01. The van der Waals surface area contributed by atoms with Crippen molar-refractivity contribution in [3.63, 3.8) is 0 Å². The summed E-state index contributed by atoms with van der Waals surface area (Å²) in [5.74, 6) is -0.695. The summed E-state index contributed by atoms with van der Waals surface area (Å²) in [6.07, 6.45) is 1.64. The van der Waals surface area contributed by atoms with Crippen molar-refractivity contribution in [3.05, 3.63) is 65.6 Å². The first-order chi connectivity index (χ1) is 10.6. The Kier molecular flexibility index (Phi) is 3.59. The zero-order valence-electron chi connectivity index (χ0n) is 12.3. The Morgan fingerprint density at radius 1 is 1.14 bits per heavy atom. The van der Waals surface area contributed by atoms with E-state index in [1.54, 1.807) is 49.5 Å². The maximum atomic E-state index is 14.4. The van der Waals surface area contributed by atoms with Gasteiger partial charge in [-0.1, -0.05) is 18.2 Å². The van der Waals surface area contributed by atoms with Gasteiger partial charge < -0.3 is 4.74 Å². The molecule has 1 heterocycles. The zero-order chi connectivity index (χ0) is 15.7. The molecule has 0 radical (unpaired) electrons. The van der Waals surface area contributed by atoms with Gasteiger partial charge in [-0.25, -0.2) is 9.18 Å². The number of halogens is 1. The van der Waals surface area contributed by atoms with Crippen molar-refractivity contribution < 1.29 is 13.9 Å². The van der Waals surface area contributed by atoms with Gasteiger partial charge in [-0.2, -0.15) is 0 Å². The highest BCUT2D eigenvalue weighted by atomic mass is 19.1. The number of pyridine rings is 1. The summed E-state index contributed by atoms with van der Waals surface area (Å²) in [5.41, 5.74) is 2.89. The molecular formula is C18H14FNO2. The number of nitrogens with zero attached hydrogens (tertiary/aromatic N) is 1. The van der Waals surface area contributed by atoms with Crippen LogP contribution in [0.5, 0.6) is 0 Å². The third-order valence-corrected chi connectivity index (χ3v) is 3.64. The Balaban J connectivity index is 2.29. The van der Waals surface area contributed by atoms with E-state index in [4.69, 9.17) is 4.74 Å². The molecule has 0 unspecified atom stereocenters. The molecule has 22 heavy (non-hydrogen) atoms. The van der Waals surface area contributed by atoms with Crippen LogP contribution in [0.4, 0.5) is 4.39 Å². The summed E-state index contributed by atoms with van der Waals surface area (Å²) >= 11 is 0. The monoisotopic (exact) mass is 295 g/mol. The fourth-order valence-corrected chi connectivity index (χ4v) is 2.48. The number of carbonyl (C=O) groups is 1.